The van der Waals surface area contributed by atoms with E-state index in [9.17, 15) is 0 Å². The van der Waals surface area contributed by atoms with Crippen LogP contribution < -0.4 is 0 Å². The molecule has 0 aromatic heterocycles. The molecular formula is C11H17ClO2. The van der Waals surface area contributed by atoms with Crippen LogP contribution in [-0.2, 0) is 9.47 Å². The van der Waals surface area contributed by atoms with Gasteiger partial charge in [-0.2, -0.15) is 0 Å². The van der Waals surface area contributed by atoms with Gasteiger partial charge in [0.1, 0.15) is 0 Å². The SMILES string of the molecule is Cl[C@@H]1C[C@H]1[C@H]1COC2(CCCCC2)O1. The van der Waals surface area contributed by atoms with Crippen molar-refractivity contribution in [1.29, 1.82) is 0 Å². The first-order chi connectivity index (χ1) is 6.79. The van der Waals surface area contributed by atoms with E-state index in [4.69, 9.17) is 21.1 Å². The quantitative estimate of drug-likeness (QED) is 0.628. The molecule has 0 radical (unpaired) electrons. The van der Waals surface area contributed by atoms with E-state index < -0.39 is 0 Å². The summed E-state index contributed by atoms with van der Waals surface area (Å²) >= 11 is 6.02. The summed E-state index contributed by atoms with van der Waals surface area (Å²) in [6.45, 7) is 0.772. The number of alkyl halides is 1. The molecule has 3 atom stereocenters. The lowest BCUT2D eigenvalue weighted by molar-refractivity contribution is -0.188. The number of halogens is 1. The molecular weight excluding hydrogens is 200 g/mol. The van der Waals surface area contributed by atoms with Gasteiger partial charge in [0.25, 0.3) is 0 Å². The second kappa shape index (κ2) is 3.36. The van der Waals surface area contributed by atoms with Crippen molar-refractivity contribution in [2.75, 3.05) is 6.61 Å². The van der Waals surface area contributed by atoms with Crippen LogP contribution in [0.4, 0.5) is 0 Å². The first-order valence-corrected chi connectivity index (χ1v) is 6.19. The molecule has 0 unspecified atom stereocenters. The third-order valence-electron chi connectivity index (χ3n) is 3.73. The predicted molar refractivity (Wildman–Crippen MR) is 54.4 cm³/mol. The van der Waals surface area contributed by atoms with Crippen LogP contribution in [0.5, 0.6) is 0 Å². The number of hydrogen-bond donors (Lipinski definition) is 0. The molecule has 0 bridgehead atoms. The van der Waals surface area contributed by atoms with Crippen molar-refractivity contribution in [3.05, 3.63) is 0 Å². The lowest BCUT2D eigenvalue weighted by Gasteiger charge is -2.31. The zero-order valence-electron chi connectivity index (χ0n) is 8.38. The van der Waals surface area contributed by atoms with Gasteiger partial charge in [-0.15, -0.1) is 11.6 Å². The van der Waals surface area contributed by atoms with Gasteiger partial charge in [0.05, 0.1) is 12.7 Å². The monoisotopic (exact) mass is 216 g/mol. The lowest BCUT2D eigenvalue weighted by atomic mass is 9.94. The third-order valence-corrected chi connectivity index (χ3v) is 4.23. The second-order valence-electron chi connectivity index (χ2n) is 4.85. The first-order valence-electron chi connectivity index (χ1n) is 5.75. The molecule has 2 nitrogen and oxygen atoms in total. The van der Waals surface area contributed by atoms with Crippen LogP contribution in [0.15, 0.2) is 0 Å². The number of hydrogen-bond acceptors (Lipinski definition) is 2. The Morgan fingerprint density at radius 1 is 1.14 bits per heavy atom. The molecule has 0 N–H and O–H groups in total. The summed E-state index contributed by atoms with van der Waals surface area (Å²) < 4.78 is 11.9. The molecule has 2 aliphatic carbocycles. The highest BCUT2D eigenvalue weighted by Crippen LogP contribution is 2.47. The van der Waals surface area contributed by atoms with E-state index in [1.165, 1.54) is 19.3 Å². The summed E-state index contributed by atoms with van der Waals surface area (Å²) in [5, 5.41) is 0.349. The Labute approximate surface area is 89.9 Å². The van der Waals surface area contributed by atoms with Crippen LogP contribution in [0, 0.1) is 5.92 Å². The average Bonchev–Trinajstić information content (AvgIpc) is 2.79. The van der Waals surface area contributed by atoms with E-state index in [1.54, 1.807) is 0 Å². The van der Waals surface area contributed by atoms with E-state index in [1.807, 2.05) is 0 Å². The topological polar surface area (TPSA) is 18.5 Å². The lowest BCUT2D eigenvalue weighted by Crippen LogP contribution is -2.33. The molecule has 80 valence electrons. The van der Waals surface area contributed by atoms with Crippen LogP contribution in [0.1, 0.15) is 38.5 Å². The molecule has 1 spiro atoms. The summed E-state index contributed by atoms with van der Waals surface area (Å²) in [6, 6.07) is 0. The van der Waals surface area contributed by atoms with E-state index >= 15 is 0 Å². The van der Waals surface area contributed by atoms with Gasteiger partial charge in [-0.05, 0) is 19.3 Å². The Kier molecular flexibility index (Phi) is 2.26. The van der Waals surface area contributed by atoms with E-state index in [2.05, 4.69) is 0 Å². The van der Waals surface area contributed by atoms with Crippen molar-refractivity contribution < 1.29 is 9.47 Å². The second-order valence-corrected chi connectivity index (χ2v) is 5.41. The molecule has 1 saturated heterocycles. The number of ether oxygens (including phenoxy) is 2. The molecule has 3 rings (SSSR count). The Morgan fingerprint density at radius 2 is 1.86 bits per heavy atom. The van der Waals surface area contributed by atoms with Crippen LogP contribution in [-0.4, -0.2) is 23.9 Å². The van der Waals surface area contributed by atoms with Gasteiger partial charge >= 0.3 is 0 Å². The van der Waals surface area contributed by atoms with Crippen molar-refractivity contribution >= 4 is 11.6 Å². The Bertz CT molecular complexity index is 225. The van der Waals surface area contributed by atoms with Crippen molar-refractivity contribution in [2.45, 2.75) is 55.8 Å². The zero-order chi connectivity index (χ0) is 9.60. The molecule has 1 heterocycles. The fourth-order valence-corrected chi connectivity index (χ4v) is 3.08. The fraction of sp³-hybridized carbons (Fsp3) is 1.00. The van der Waals surface area contributed by atoms with Crippen molar-refractivity contribution in [3.63, 3.8) is 0 Å². The molecule has 3 aliphatic rings. The van der Waals surface area contributed by atoms with Crippen molar-refractivity contribution in [2.24, 2.45) is 5.92 Å². The highest BCUT2D eigenvalue weighted by atomic mass is 35.5. The smallest absolute Gasteiger partial charge is 0.168 e. The highest BCUT2D eigenvalue weighted by Gasteiger charge is 2.51. The normalized spacial score (nSPS) is 45.6. The van der Waals surface area contributed by atoms with Gasteiger partial charge in [0.2, 0.25) is 0 Å². The minimum absolute atomic E-state index is 0.206. The zero-order valence-corrected chi connectivity index (χ0v) is 9.13. The minimum Gasteiger partial charge on any atom is -0.347 e. The fourth-order valence-electron chi connectivity index (χ4n) is 2.71. The summed E-state index contributed by atoms with van der Waals surface area (Å²) in [7, 11) is 0. The van der Waals surface area contributed by atoms with Gasteiger partial charge in [0, 0.05) is 24.1 Å². The minimum atomic E-state index is -0.206. The molecule has 3 heteroatoms. The molecule has 0 aromatic rings. The van der Waals surface area contributed by atoms with Gasteiger partial charge in [-0.25, -0.2) is 0 Å². The Hall–Kier alpha value is 0.210. The van der Waals surface area contributed by atoms with Gasteiger partial charge in [-0.1, -0.05) is 6.42 Å². The van der Waals surface area contributed by atoms with E-state index in [0.717, 1.165) is 25.9 Å². The maximum absolute atomic E-state index is 6.08. The summed E-state index contributed by atoms with van der Waals surface area (Å²) in [4.78, 5) is 0. The van der Waals surface area contributed by atoms with Crippen molar-refractivity contribution in [3.8, 4) is 0 Å². The Morgan fingerprint density at radius 3 is 2.50 bits per heavy atom. The highest BCUT2D eigenvalue weighted by molar-refractivity contribution is 6.22. The largest absolute Gasteiger partial charge is 0.347 e. The summed E-state index contributed by atoms with van der Waals surface area (Å²) in [5.74, 6) is 0.361. The van der Waals surface area contributed by atoms with Crippen LogP contribution in [0.3, 0.4) is 0 Å². The molecule has 0 amide bonds. The average molecular weight is 217 g/mol. The summed E-state index contributed by atoms with van der Waals surface area (Å²) in [6.07, 6.45) is 7.41. The molecule has 0 aromatic carbocycles. The first kappa shape index (κ1) is 9.44. The van der Waals surface area contributed by atoms with Crippen molar-refractivity contribution in [1.82, 2.24) is 0 Å². The predicted octanol–water partition coefficient (Wildman–Crippen LogP) is 2.69. The maximum Gasteiger partial charge on any atom is 0.168 e. The standard InChI is InChI=1S/C11H17ClO2/c12-9-6-8(9)10-7-13-11(14-10)4-2-1-3-5-11/h8-10H,1-7H2/t8-,9-,10-/m1/s1. The van der Waals surface area contributed by atoms with Gasteiger partial charge < -0.3 is 9.47 Å². The molecule has 2 saturated carbocycles. The molecule has 3 fully saturated rings. The molecule has 14 heavy (non-hydrogen) atoms. The maximum atomic E-state index is 6.08. The Balaban J connectivity index is 1.62. The summed E-state index contributed by atoms with van der Waals surface area (Å²) in [5.41, 5.74) is 0. The van der Waals surface area contributed by atoms with Crippen LogP contribution >= 0.6 is 11.6 Å². The van der Waals surface area contributed by atoms with E-state index in [0.29, 0.717) is 11.3 Å². The third kappa shape index (κ3) is 1.58. The molecule has 1 aliphatic heterocycles. The van der Waals surface area contributed by atoms with E-state index in [-0.39, 0.29) is 11.9 Å². The number of rotatable bonds is 1. The van der Waals surface area contributed by atoms with Gasteiger partial charge in [0.15, 0.2) is 5.79 Å². The van der Waals surface area contributed by atoms with Gasteiger partial charge in [-0.3, -0.25) is 0 Å². The van der Waals surface area contributed by atoms with Crippen LogP contribution in [0.2, 0.25) is 0 Å². The van der Waals surface area contributed by atoms with Crippen LogP contribution in [0.25, 0.3) is 0 Å².